The Bertz CT molecular complexity index is 778. The number of benzene rings is 1. The molecule has 0 saturated carbocycles. The lowest BCUT2D eigenvalue weighted by molar-refractivity contribution is -0.121. The first kappa shape index (κ1) is 16.2. The molecule has 0 aliphatic carbocycles. The Hall–Kier alpha value is -3.22. The van der Waals surface area contributed by atoms with Crippen LogP contribution in [0.3, 0.4) is 0 Å². The second-order valence-electron chi connectivity index (χ2n) is 4.57. The number of hydrazone groups is 1. The first-order valence-electron chi connectivity index (χ1n) is 6.76. The number of esters is 1. The maximum absolute atomic E-state index is 11.7. The van der Waals surface area contributed by atoms with Gasteiger partial charge in [0.25, 0.3) is 11.5 Å². The molecule has 0 radical (unpaired) electrons. The van der Waals surface area contributed by atoms with Gasteiger partial charge in [-0.05, 0) is 23.8 Å². The first-order valence-corrected chi connectivity index (χ1v) is 6.76. The zero-order valence-electron chi connectivity index (χ0n) is 12.4. The minimum Gasteiger partial charge on any atom is -0.465 e. The van der Waals surface area contributed by atoms with Crippen LogP contribution in [0.25, 0.3) is 0 Å². The van der Waals surface area contributed by atoms with Gasteiger partial charge in [0.05, 0.1) is 18.9 Å². The Labute approximate surface area is 132 Å². The van der Waals surface area contributed by atoms with Gasteiger partial charge < -0.3 is 9.30 Å². The van der Waals surface area contributed by atoms with Crippen molar-refractivity contribution in [3.05, 3.63) is 70.1 Å². The molecule has 118 valence electrons. The molecule has 0 spiro atoms. The highest BCUT2D eigenvalue weighted by Gasteiger charge is 2.04. The van der Waals surface area contributed by atoms with E-state index in [9.17, 15) is 14.4 Å². The monoisotopic (exact) mass is 313 g/mol. The predicted molar refractivity (Wildman–Crippen MR) is 84.2 cm³/mol. The summed E-state index contributed by atoms with van der Waals surface area (Å²) in [7, 11) is 1.31. The van der Waals surface area contributed by atoms with Crippen LogP contribution in [0.1, 0.15) is 15.9 Å². The summed E-state index contributed by atoms with van der Waals surface area (Å²) in [6, 6.07) is 11.2. The van der Waals surface area contributed by atoms with Gasteiger partial charge in [0.2, 0.25) is 0 Å². The molecular weight excluding hydrogens is 298 g/mol. The smallest absolute Gasteiger partial charge is 0.337 e. The summed E-state index contributed by atoms with van der Waals surface area (Å²) in [6.45, 7) is -0.113. The topological polar surface area (TPSA) is 89.8 Å². The fourth-order valence-electron chi connectivity index (χ4n) is 1.78. The van der Waals surface area contributed by atoms with E-state index in [1.807, 2.05) is 0 Å². The summed E-state index contributed by atoms with van der Waals surface area (Å²) in [5.41, 5.74) is 3.21. The van der Waals surface area contributed by atoms with E-state index in [4.69, 9.17) is 0 Å². The van der Waals surface area contributed by atoms with Crippen molar-refractivity contribution in [3.63, 3.8) is 0 Å². The molecule has 0 aliphatic heterocycles. The number of carbonyl (C=O) groups is 2. The number of rotatable bonds is 5. The zero-order chi connectivity index (χ0) is 16.7. The summed E-state index contributed by atoms with van der Waals surface area (Å²) < 4.78 is 5.87. The number of methoxy groups -OCH3 is 1. The fourth-order valence-corrected chi connectivity index (χ4v) is 1.78. The van der Waals surface area contributed by atoms with E-state index in [2.05, 4.69) is 15.3 Å². The largest absolute Gasteiger partial charge is 0.465 e. The molecule has 0 atom stereocenters. The highest BCUT2D eigenvalue weighted by molar-refractivity contribution is 5.90. The lowest BCUT2D eigenvalue weighted by Crippen LogP contribution is -2.28. The van der Waals surface area contributed by atoms with Crippen molar-refractivity contribution in [3.8, 4) is 0 Å². The lowest BCUT2D eigenvalue weighted by atomic mass is 10.1. The van der Waals surface area contributed by atoms with Gasteiger partial charge in [-0.3, -0.25) is 9.59 Å². The molecule has 0 fully saturated rings. The molecule has 0 bridgehead atoms. The maximum Gasteiger partial charge on any atom is 0.337 e. The van der Waals surface area contributed by atoms with Crippen LogP contribution < -0.4 is 11.0 Å². The molecule has 1 amide bonds. The van der Waals surface area contributed by atoms with E-state index < -0.39 is 11.9 Å². The zero-order valence-corrected chi connectivity index (χ0v) is 12.4. The summed E-state index contributed by atoms with van der Waals surface area (Å²) in [4.78, 5) is 34.4. The first-order chi connectivity index (χ1) is 11.1. The van der Waals surface area contributed by atoms with Gasteiger partial charge in [-0.2, -0.15) is 5.10 Å². The SMILES string of the molecule is COC(=O)c1ccc(/C=N\NC(=O)Cn2ccccc2=O)cc1. The second-order valence-corrected chi connectivity index (χ2v) is 4.57. The quantitative estimate of drug-likeness (QED) is 0.502. The molecule has 2 rings (SSSR count). The number of hydrogen-bond donors (Lipinski definition) is 1. The van der Waals surface area contributed by atoms with Crippen LogP contribution in [0.5, 0.6) is 0 Å². The van der Waals surface area contributed by atoms with Crippen molar-refractivity contribution in [1.29, 1.82) is 0 Å². The predicted octanol–water partition coefficient (Wildman–Crippen LogP) is 0.785. The Kier molecular flexibility index (Phi) is 5.40. The van der Waals surface area contributed by atoms with Crippen molar-refractivity contribution in [1.82, 2.24) is 9.99 Å². The van der Waals surface area contributed by atoms with Crippen molar-refractivity contribution in [2.24, 2.45) is 5.10 Å². The van der Waals surface area contributed by atoms with Gasteiger partial charge in [0.1, 0.15) is 6.54 Å². The maximum atomic E-state index is 11.7. The van der Waals surface area contributed by atoms with Crippen LogP contribution in [0.15, 0.2) is 58.6 Å². The molecule has 7 nitrogen and oxygen atoms in total. The Morgan fingerprint density at radius 2 is 1.96 bits per heavy atom. The fraction of sp³-hybridized carbons (Fsp3) is 0.125. The molecule has 1 aromatic carbocycles. The van der Waals surface area contributed by atoms with E-state index in [0.717, 1.165) is 0 Å². The minimum absolute atomic E-state index is 0.113. The Morgan fingerprint density at radius 1 is 1.22 bits per heavy atom. The molecule has 1 aromatic heterocycles. The van der Waals surface area contributed by atoms with Crippen LogP contribution in [0.4, 0.5) is 0 Å². The van der Waals surface area contributed by atoms with Gasteiger partial charge in [-0.25, -0.2) is 10.2 Å². The van der Waals surface area contributed by atoms with E-state index in [0.29, 0.717) is 11.1 Å². The lowest BCUT2D eigenvalue weighted by Gasteiger charge is -2.03. The normalized spacial score (nSPS) is 10.5. The van der Waals surface area contributed by atoms with Gasteiger partial charge in [-0.1, -0.05) is 18.2 Å². The number of nitrogens with one attached hydrogen (secondary N) is 1. The van der Waals surface area contributed by atoms with Gasteiger partial charge in [0.15, 0.2) is 0 Å². The van der Waals surface area contributed by atoms with Gasteiger partial charge in [-0.15, -0.1) is 0 Å². The van der Waals surface area contributed by atoms with E-state index in [-0.39, 0.29) is 12.1 Å². The molecule has 0 aliphatic rings. The summed E-state index contributed by atoms with van der Waals surface area (Å²) in [6.07, 6.45) is 2.96. The van der Waals surface area contributed by atoms with Crippen LogP contribution in [-0.4, -0.2) is 29.8 Å². The number of carbonyl (C=O) groups excluding carboxylic acids is 2. The second kappa shape index (κ2) is 7.69. The molecule has 1 N–H and O–H groups in total. The third-order valence-corrected chi connectivity index (χ3v) is 2.95. The van der Waals surface area contributed by atoms with E-state index in [1.54, 1.807) is 36.4 Å². The molecule has 7 heteroatoms. The number of hydrogen-bond acceptors (Lipinski definition) is 5. The average Bonchev–Trinajstić information content (AvgIpc) is 2.57. The highest BCUT2D eigenvalue weighted by Crippen LogP contribution is 2.03. The van der Waals surface area contributed by atoms with Crippen molar-refractivity contribution in [2.45, 2.75) is 6.54 Å². The summed E-state index contributed by atoms with van der Waals surface area (Å²) >= 11 is 0. The Morgan fingerprint density at radius 3 is 2.61 bits per heavy atom. The molecule has 23 heavy (non-hydrogen) atoms. The summed E-state index contributed by atoms with van der Waals surface area (Å²) in [5.74, 6) is -0.837. The third kappa shape index (κ3) is 4.63. The Balaban J connectivity index is 1.91. The van der Waals surface area contributed by atoms with Crippen LogP contribution in [0.2, 0.25) is 0 Å². The summed E-state index contributed by atoms with van der Waals surface area (Å²) in [5, 5.41) is 3.81. The van der Waals surface area contributed by atoms with Gasteiger partial charge in [0, 0.05) is 12.3 Å². The van der Waals surface area contributed by atoms with Crippen LogP contribution in [0, 0.1) is 0 Å². The number of pyridine rings is 1. The number of aromatic nitrogens is 1. The van der Waals surface area contributed by atoms with Crippen molar-refractivity contribution >= 4 is 18.1 Å². The average molecular weight is 313 g/mol. The molecular formula is C16H15N3O4. The standard InChI is InChI=1S/C16H15N3O4/c1-23-16(22)13-7-5-12(6-8-13)10-17-18-14(20)11-19-9-3-2-4-15(19)21/h2-10H,11H2,1H3,(H,18,20)/b17-10-. The van der Waals surface area contributed by atoms with Crippen molar-refractivity contribution in [2.75, 3.05) is 7.11 Å². The van der Waals surface area contributed by atoms with Gasteiger partial charge >= 0.3 is 5.97 Å². The molecule has 2 aromatic rings. The van der Waals surface area contributed by atoms with E-state index >= 15 is 0 Å². The van der Waals surface area contributed by atoms with E-state index in [1.165, 1.54) is 30.2 Å². The molecule has 0 unspecified atom stereocenters. The van der Waals surface area contributed by atoms with Crippen LogP contribution >= 0.6 is 0 Å². The number of ether oxygens (including phenoxy) is 1. The number of nitrogens with zero attached hydrogens (tertiary/aromatic N) is 2. The third-order valence-electron chi connectivity index (χ3n) is 2.95. The van der Waals surface area contributed by atoms with Crippen molar-refractivity contribution < 1.29 is 14.3 Å². The number of amides is 1. The van der Waals surface area contributed by atoms with Crippen LogP contribution in [-0.2, 0) is 16.1 Å². The molecule has 0 saturated heterocycles. The highest BCUT2D eigenvalue weighted by atomic mass is 16.5. The minimum atomic E-state index is -0.421. The molecule has 1 heterocycles.